The van der Waals surface area contributed by atoms with Gasteiger partial charge >= 0.3 is 5.97 Å². The van der Waals surface area contributed by atoms with Gasteiger partial charge < -0.3 is 19.2 Å². The van der Waals surface area contributed by atoms with Gasteiger partial charge in [0.1, 0.15) is 0 Å². The fraction of sp³-hybridized carbons (Fsp3) is 0.435. The van der Waals surface area contributed by atoms with E-state index in [-0.39, 0.29) is 17.0 Å². The molecule has 162 valence electrons. The minimum atomic E-state index is -1.03. The van der Waals surface area contributed by atoms with Crippen LogP contribution >= 0.6 is 0 Å². The van der Waals surface area contributed by atoms with Gasteiger partial charge in [-0.1, -0.05) is 13.3 Å². The molecule has 0 saturated carbocycles. The van der Waals surface area contributed by atoms with Crippen LogP contribution in [0.15, 0.2) is 18.2 Å². The van der Waals surface area contributed by atoms with Crippen molar-refractivity contribution in [1.82, 2.24) is 4.98 Å². The number of carbonyl (C=O) groups is 3. The molecule has 7 nitrogen and oxygen atoms in total. The lowest BCUT2D eigenvalue weighted by atomic mass is 10.0. The molecule has 0 unspecified atom stereocenters. The van der Waals surface area contributed by atoms with Crippen LogP contribution in [0.3, 0.4) is 0 Å². The number of hydrogen-bond donors (Lipinski definition) is 1. The Morgan fingerprint density at radius 2 is 1.83 bits per heavy atom. The number of aromatic amines is 1. The summed E-state index contributed by atoms with van der Waals surface area (Å²) in [5.41, 5.74) is 2.18. The maximum absolute atomic E-state index is 12.8. The first-order valence-corrected chi connectivity index (χ1v) is 9.97. The number of methoxy groups -OCH3 is 1. The minimum Gasteiger partial charge on any atom is -0.493 e. The Kier molecular flexibility index (Phi) is 7.80. The van der Waals surface area contributed by atoms with Crippen molar-refractivity contribution in [3.63, 3.8) is 0 Å². The summed E-state index contributed by atoms with van der Waals surface area (Å²) in [6.45, 7) is 9.00. The van der Waals surface area contributed by atoms with E-state index >= 15 is 0 Å². The van der Waals surface area contributed by atoms with E-state index in [9.17, 15) is 14.4 Å². The number of esters is 1. The molecule has 2 aromatic rings. The predicted octanol–water partition coefficient (Wildman–Crippen LogP) is 4.45. The van der Waals surface area contributed by atoms with E-state index in [1.54, 1.807) is 26.0 Å². The van der Waals surface area contributed by atoms with Crippen molar-refractivity contribution in [2.45, 2.75) is 53.6 Å². The van der Waals surface area contributed by atoms with Crippen molar-refractivity contribution < 1.29 is 28.6 Å². The number of carbonyl (C=O) groups excluding carboxylic acids is 3. The van der Waals surface area contributed by atoms with Gasteiger partial charge in [0, 0.05) is 11.3 Å². The molecule has 0 aliphatic heterocycles. The topological polar surface area (TPSA) is 94.7 Å². The van der Waals surface area contributed by atoms with Crippen molar-refractivity contribution in [1.29, 1.82) is 0 Å². The van der Waals surface area contributed by atoms with Crippen molar-refractivity contribution in [3.8, 4) is 11.5 Å². The zero-order valence-corrected chi connectivity index (χ0v) is 18.4. The molecule has 0 radical (unpaired) electrons. The summed E-state index contributed by atoms with van der Waals surface area (Å²) in [4.78, 5) is 40.1. The first kappa shape index (κ1) is 23.2. The first-order chi connectivity index (χ1) is 14.2. The largest absolute Gasteiger partial charge is 0.493 e. The van der Waals surface area contributed by atoms with Crippen LogP contribution in [0, 0.1) is 13.8 Å². The summed E-state index contributed by atoms with van der Waals surface area (Å²) in [6.07, 6.45) is 0.891. The summed E-state index contributed by atoms with van der Waals surface area (Å²) >= 11 is 0. The molecule has 0 aliphatic carbocycles. The minimum absolute atomic E-state index is 0.127. The SMILES string of the molecule is CCCCOc1ccc(C(=O)O[C@@H](C)C(=O)c2[nH]c(C)c(C(C)=O)c2C)cc1OC. The van der Waals surface area contributed by atoms with Gasteiger partial charge in [0.05, 0.1) is 25.0 Å². The number of H-pyrrole nitrogens is 1. The van der Waals surface area contributed by atoms with Crippen LogP contribution in [-0.4, -0.2) is 42.3 Å². The highest BCUT2D eigenvalue weighted by Crippen LogP contribution is 2.29. The van der Waals surface area contributed by atoms with Gasteiger partial charge in [-0.3, -0.25) is 9.59 Å². The quantitative estimate of drug-likeness (QED) is 0.350. The smallest absolute Gasteiger partial charge is 0.338 e. The third-order valence-electron chi connectivity index (χ3n) is 4.84. The van der Waals surface area contributed by atoms with Crippen molar-refractivity contribution >= 4 is 17.5 Å². The third-order valence-corrected chi connectivity index (χ3v) is 4.84. The van der Waals surface area contributed by atoms with Crippen molar-refractivity contribution in [2.24, 2.45) is 0 Å². The van der Waals surface area contributed by atoms with Gasteiger partial charge in [0.25, 0.3) is 0 Å². The van der Waals surface area contributed by atoms with E-state index in [2.05, 4.69) is 11.9 Å². The summed E-state index contributed by atoms with van der Waals surface area (Å²) in [5, 5.41) is 0. The summed E-state index contributed by atoms with van der Waals surface area (Å²) in [5.74, 6) is -0.217. The zero-order chi connectivity index (χ0) is 22.4. The van der Waals surface area contributed by atoms with E-state index in [0.717, 1.165) is 12.8 Å². The summed E-state index contributed by atoms with van der Waals surface area (Å²) in [7, 11) is 1.49. The Morgan fingerprint density at radius 3 is 2.40 bits per heavy atom. The molecule has 0 spiro atoms. The number of unbranched alkanes of at least 4 members (excludes halogenated alkanes) is 1. The highest BCUT2D eigenvalue weighted by molar-refractivity contribution is 6.05. The summed E-state index contributed by atoms with van der Waals surface area (Å²) < 4.78 is 16.3. The van der Waals surface area contributed by atoms with Crippen LogP contribution in [0.1, 0.15) is 76.1 Å². The second-order valence-electron chi connectivity index (χ2n) is 7.16. The number of rotatable bonds is 10. The van der Waals surface area contributed by atoms with Gasteiger partial charge in [-0.15, -0.1) is 0 Å². The van der Waals surface area contributed by atoms with E-state index < -0.39 is 17.9 Å². The Labute approximate surface area is 176 Å². The molecule has 7 heteroatoms. The fourth-order valence-electron chi connectivity index (χ4n) is 3.25. The molecule has 0 bridgehead atoms. The average Bonchev–Trinajstić information content (AvgIpc) is 3.01. The number of nitrogens with one attached hydrogen (secondary N) is 1. The maximum atomic E-state index is 12.8. The van der Waals surface area contributed by atoms with Crippen LogP contribution < -0.4 is 9.47 Å². The first-order valence-electron chi connectivity index (χ1n) is 9.97. The van der Waals surface area contributed by atoms with Crippen LogP contribution in [0.5, 0.6) is 11.5 Å². The van der Waals surface area contributed by atoms with Crippen LogP contribution in [-0.2, 0) is 4.74 Å². The lowest BCUT2D eigenvalue weighted by Gasteiger charge is -2.14. The highest BCUT2D eigenvalue weighted by Gasteiger charge is 2.26. The highest BCUT2D eigenvalue weighted by atomic mass is 16.5. The lowest BCUT2D eigenvalue weighted by Crippen LogP contribution is -2.25. The molecule has 1 heterocycles. The monoisotopic (exact) mass is 415 g/mol. The molecule has 0 saturated heterocycles. The summed E-state index contributed by atoms with van der Waals surface area (Å²) in [6, 6.07) is 4.75. The Morgan fingerprint density at radius 1 is 1.13 bits per heavy atom. The van der Waals surface area contributed by atoms with Gasteiger partial charge in [-0.05, 0) is 57.9 Å². The molecule has 30 heavy (non-hydrogen) atoms. The van der Waals surface area contributed by atoms with Gasteiger partial charge in [-0.25, -0.2) is 4.79 Å². The van der Waals surface area contributed by atoms with E-state index in [4.69, 9.17) is 14.2 Å². The van der Waals surface area contributed by atoms with Crippen LogP contribution in [0.4, 0.5) is 0 Å². The van der Waals surface area contributed by atoms with E-state index in [1.807, 2.05) is 0 Å². The molecule has 0 aliphatic rings. The second kappa shape index (κ2) is 10.1. The average molecular weight is 415 g/mol. The fourth-order valence-corrected chi connectivity index (χ4v) is 3.25. The lowest BCUT2D eigenvalue weighted by molar-refractivity contribution is 0.0316. The van der Waals surface area contributed by atoms with E-state index in [0.29, 0.717) is 34.9 Å². The Hall–Kier alpha value is -3.09. The number of aryl methyl sites for hydroxylation is 1. The van der Waals surface area contributed by atoms with Gasteiger partial charge in [0.15, 0.2) is 23.4 Å². The van der Waals surface area contributed by atoms with Crippen molar-refractivity contribution in [2.75, 3.05) is 13.7 Å². The number of Topliss-reactive ketones (excluding diaryl/α,β-unsaturated/α-hetero) is 2. The zero-order valence-electron chi connectivity index (χ0n) is 18.4. The maximum Gasteiger partial charge on any atom is 0.338 e. The number of hydrogen-bond acceptors (Lipinski definition) is 6. The Balaban J connectivity index is 2.14. The number of ketones is 2. The molecule has 1 N–H and O–H groups in total. The number of aromatic nitrogens is 1. The molecule has 1 aromatic heterocycles. The van der Waals surface area contributed by atoms with Crippen LogP contribution in [0.2, 0.25) is 0 Å². The predicted molar refractivity (Wildman–Crippen MR) is 113 cm³/mol. The van der Waals surface area contributed by atoms with Gasteiger partial charge in [0.2, 0.25) is 5.78 Å². The van der Waals surface area contributed by atoms with E-state index in [1.165, 1.54) is 27.0 Å². The number of benzene rings is 1. The molecular formula is C23H29NO6. The molecule has 0 amide bonds. The molecule has 0 fully saturated rings. The van der Waals surface area contributed by atoms with Crippen molar-refractivity contribution in [3.05, 3.63) is 46.3 Å². The third kappa shape index (κ3) is 5.09. The molecular weight excluding hydrogens is 386 g/mol. The normalized spacial score (nSPS) is 11.7. The van der Waals surface area contributed by atoms with Gasteiger partial charge in [-0.2, -0.15) is 0 Å². The molecule has 1 atom stereocenters. The number of ether oxygens (including phenoxy) is 3. The molecule has 2 rings (SSSR count). The standard InChI is InChI=1S/C23H29NO6/c1-7-8-11-29-18-10-9-17(12-19(18)28-6)23(27)30-16(5)22(26)21-13(2)20(15(4)25)14(3)24-21/h9-10,12,16,24H,7-8,11H2,1-6H3/t16-/m0/s1. The van der Waals surface area contributed by atoms with Crippen LogP contribution in [0.25, 0.3) is 0 Å². The molecule has 1 aromatic carbocycles. The Bertz CT molecular complexity index is 943. The second-order valence-corrected chi connectivity index (χ2v) is 7.16.